The number of benzene rings is 1. The summed E-state index contributed by atoms with van der Waals surface area (Å²) in [5.41, 5.74) is 1.26. The number of amides is 1. The van der Waals surface area contributed by atoms with E-state index >= 15 is 0 Å². The van der Waals surface area contributed by atoms with E-state index in [0.717, 1.165) is 18.4 Å². The number of rotatable bonds is 6. The van der Waals surface area contributed by atoms with Gasteiger partial charge in [-0.2, -0.15) is 5.10 Å². The van der Waals surface area contributed by atoms with Gasteiger partial charge in [0.25, 0.3) is 5.91 Å². The Balaban J connectivity index is 1.56. The molecule has 2 aromatic rings. The predicted molar refractivity (Wildman–Crippen MR) is 96.4 cm³/mol. The molecule has 7 nitrogen and oxygen atoms in total. The summed E-state index contributed by atoms with van der Waals surface area (Å²) in [7, 11) is 1.54. The van der Waals surface area contributed by atoms with Crippen LogP contribution < -0.4 is 10.1 Å². The lowest BCUT2D eigenvalue weighted by Gasteiger charge is -2.14. The van der Waals surface area contributed by atoms with Gasteiger partial charge in [-0.3, -0.25) is 4.79 Å². The molecule has 0 radical (unpaired) electrons. The minimum absolute atomic E-state index is 0.322. The number of ether oxygens (including phenoxy) is 2. The number of aryl methyl sites for hydroxylation is 1. The zero-order valence-electron chi connectivity index (χ0n) is 15.0. The maximum absolute atomic E-state index is 12.1. The maximum Gasteiger partial charge on any atom is 0.338 e. The van der Waals surface area contributed by atoms with Crippen molar-refractivity contribution in [2.45, 2.75) is 38.6 Å². The molecule has 0 aliphatic heterocycles. The normalized spacial score (nSPS) is 14.2. The van der Waals surface area contributed by atoms with Gasteiger partial charge in [0.2, 0.25) is 0 Å². The molecular formula is C19H23N3O4. The minimum Gasteiger partial charge on any atom is -0.496 e. The third-order valence-electron chi connectivity index (χ3n) is 4.59. The number of methoxy groups -OCH3 is 1. The van der Waals surface area contributed by atoms with Crippen molar-refractivity contribution >= 4 is 17.7 Å². The molecular weight excluding hydrogens is 334 g/mol. The highest BCUT2D eigenvalue weighted by Gasteiger charge is 2.21. The number of nitrogens with one attached hydrogen (secondary N) is 1. The van der Waals surface area contributed by atoms with Crippen molar-refractivity contribution in [3.05, 3.63) is 41.6 Å². The average Bonchev–Trinajstić information content (AvgIpc) is 3.31. The van der Waals surface area contributed by atoms with Crippen LogP contribution in [0.5, 0.6) is 5.75 Å². The van der Waals surface area contributed by atoms with Crippen molar-refractivity contribution in [1.82, 2.24) is 9.78 Å². The lowest BCUT2D eigenvalue weighted by atomic mass is 10.1. The number of aromatic nitrogens is 2. The molecule has 3 rings (SSSR count). The van der Waals surface area contributed by atoms with Gasteiger partial charge in [0.1, 0.15) is 11.6 Å². The van der Waals surface area contributed by atoms with E-state index < -0.39 is 11.9 Å². The van der Waals surface area contributed by atoms with Crippen molar-refractivity contribution in [1.29, 1.82) is 0 Å². The van der Waals surface area contributed by atoms with E-state index in [-0.39, 0.29) is 6.61 Å². The fourth-order valence-corrected chi connectivity index (χ4v) is 3.19. The zero-order chi connectivity index (χ0) is 18.5. The number of hydrogen-bond donors (Lipinski definition) is 1. The first-order chi connectivity index (χ1) is 12.6. The first-order valence-corrected chi connectivity index (χ1v) is 8.73. The number of esters is 1. The number of carbonyl (C=O) groups excluding carboxylic acids is 2. The quantitative estimate of drug-likeness (QED) is 0.803. The van der Waals surface area contributed by atoms with Crippen LogP contribution in [-0.4, -0.2) is 35.4 Å². The largest absolute Gasteiger partial charge is 0.496 e. The summed E-state index contributed by atoms with van der Waals surface area (Å²) in [4.78, 5) is 24.3. The molecule has 1 aliphatic rings. The van der Waals surface area contributed by atoms with E-state index in [9.17, 15) is 9.59 Å². The Hall–Kier alpha value is -2.83. The summed E-state index contributed by atoms with van der Waals surface area (Å²) in [5, 5.41) is 7.07. The summed E-state index contributed by atoms with van der Waals surface area (Å²) >= 11 is 0. The van der Waals surface area contributed by atoms with Gasteiger partial charge in [-0.1, -0.05) is 18.9 Å². The molecule has 1 N–H and O–H groups in total. The SMILES string of the molecule is COc1cc(C(=O)OCC(=O)Nc2ccnn2C2CCCC2)ccc1C. The fraction of sp³-hybridized carbons (Fsp3) is 0.421. The standard InChI is InChI=1S/C19H23N3O4/c1-13-7-8-14(11-16(13)25-2)19(24)26-12-18(23)21-17-9-10-20-22(17)15-5-3-4-6-15/h7-11,15H,3-6,12H2,1-2H3,(H,21,23). The van der Waals surface area contributed by atoms with E-state index in [1.54, 1.807) is 37.6 Å². The highest BCUT2D eigenvalue weighted by Crippen LogP contribution is 2.31. The molecule has 0 spiro atoms. The second-order valence-electron chi connectivity index (χ2n) is 6.41. The van der Waals surface area contributed by atoms with Crippen molar-refractivity contribution < 1.29 is 19.1 Å². The summed E-state index contributed by atoms with van der Waals surface area (Å²) in [6, 6.07) is 7.10. The van der Waals surface area contributed by atoms with Gasteiger partial charge in [0.05, 0.1) is 24.9 Å². The Morgan fingerprint density at radius 1 is 1.27 bits per heavy atom. The van der Waals surface area contributed by atoms with E-state index in [4.69, 9.17) is 9.47 Å². The molecule has 0 saturated heterocycles. The summed E-state index contributed by atoms with van der Waals surface area (Å²) in [6.07, 6.45) is 6.15. The van der Waals surface area contributed by atoms with Crippen LogP contribution in [0.25, 0.3) is 0 Å². The van der Waals surface area contributed by atoms with Gasteiger partial charge in [0.15, 0.2) is 6.61 Å². The van der Waals surface area contributed by atoms with E-state index in [2.05, 4.69) is 10.4 Å². The van der Waals surface area contributed by atoms with Crippen LogP contribution in [0.1, 0.15) is 47.6 Å². The summed E-state index contributed by atoms with van der Waals surface area (Å²) < 4.78 is 12.1. The van der Waals surface area contributed by atoms with Crippen molar-refractivity contribution in [2.75, 3.05) is 19.0 Å². The number of nitrogens with zero attached hydrogens (tertiary/aromatic N) is 2. The number of carbonyl (C=O) groups is 2. The Labute approximate surface area is 152 Å². The third kappa shape index (κ3) is 4.04. The zero-order valence-corrected chi connectivity index (χ0v) is 15.0. The van der Waals surface area contributed by atoms with Gasteiger partial charge in [-0.25, -0.2) is 9.48 Å². The average molecular weight is 357 g/mol. The second kappa shape index (κ2) is 8.03. The molecule has 1 saturated carbocycles. The Morgan fingerprint density at radius 2 is 2.04 bits per heavy atom. The van der Waals surface area contributed by atoms with E-state index in [1.165, 1.54) is 12.8 Å². The van der Waals surface area contributed by atoms with E-state index in [1.807, 2.05) is 11.6 Å². The molecule has 26 heavy (non-hydrogen) atoms. The lowest BCUT2D eigenvalue weighted by Crippen LogP contribution is -2.23. The fourth-order valence-electron chi connectivity index (χ4n) is 3.19. The topological polar surface area (TPSA) is 82.4 Å². The molecule has 0 atom stereocenters. The monoisotopic (exact) mass is 357 g/mol. The van der Waals surface area contributed by atoms with Gasteiger partial charge < -0.3 is 14.8 Å². The Bertz CT molecular complexity index is 794. The van der Waals surface area contributed by atoms with Crippen molar-refractivity contribution in [3.8, 4) is 5.75 Å². The first-order valence-electron chi connectivity index (χ1n) is 8.73. The predicted octanol–water partition coefficient (Wildman–Crippen LogP) is 3.11. The third-order valence-corrected chi connectivity index (χ3v) is 4.59. The summed E-state index contributed by atoms with van der Waals surface area (Å²) in [6.45, 7) is 1.53. The Morgan fingerprint density at radius 3 is 2.77 bits per heavy atom. The lowest BCUT2D eigenvalue weighted by molar-refractivity contribution is -0.119. The maximum atomic E-state index is 12.1. The van der Waals surface area contributed by atoms with Gasteiger partial charge in [0, 0.05) is 6.07 Å². The highest BCUT2D eigenvalue weighted by molar-refractivity contribution is 5.95. The molecule has 138 valence electrons. The van der Waals surface area contributed by atoms with Crippen molar-refractivity contribution in [3.63, 3.8) is 0 Å². The smallest absolute Gasteiger partial charge is 0.338 e. The highest BCUT2D eigenvalue weighted by atomic mass is 16.5. The van der Waals surface area contributed by atoms with Crippen LogP contribution in [0.4, 0.5) is 5.82 Å². The number of anilines is 1. The Kier molecular flexibility index (Phi) is 5.55. The van der Waals surface area contributed by atoms with Crippen LogP contribution >= 0.6 is 0 Å². The van der Waals surface area contributed by atoms with Gasteiger partial charge in [-0.15, -0.1) is 0 Å². The molecule has 0 bridgehead atoms. The van der Waals surface area contributed by atoms with E-state index in [0.29, 0.717) is 23.2 Å². The molecule has 7 heteroatoms. The van der Waals surface area contributed by atoms with Gasteiger partial charge >= 0.3 is 5.97 Å². The molecule has 1 aromatic carbocycles. The number of hydrogen-bond acceptors (Lipinski definition) is 5. The minimum atomic E-state index is -0.567. The van der Waals surface area contributed by atoms with Crippen molar-refractivity contribution in [2.24, 2.45) is 0 Å². The first kappa shape index (κ1) is 18.0. The molecule has 1 fully saturated rings. The van der Waals surface area contributed by atoms with Crippen LogP contribution in [-0.2, 0) is 9.53 Å². The van der Waals surface area contributed by atoms with Gasteiger partial charge in [-0.05, 0) is 37.5 Å². The molecule has 1 heterocycles. The van der Waals surface area contributed by atoms with Crippen LogP contribution in [0.15, 0.2) is 30.5 Å². The molecule has 0 unspecified atom stereocenters. The van der Waals surface area contributed by atoms with Crippen LogP contribution in [0, 0.1) is 6.92 Å². The van der Waals surface area contributed by atoms with Crippen LogP contribution in [0.3, 0.4) is 0 Å². The molecule has 1 aromatic heterocycles. The molecule has 1 aliphatic carbocycles. The summed E-state index contributed by atoms with van der Waals surface area (Å²) in [5.74, 6) is 0.277. The second-order valence-corrected chi connectivity index (χ2v) is 6.41. The van der Waals surface area contributed by atoms with Crippen LogP contribution in [0.2, 0.25) is 0 Å². The molecule has 1 amide bonds.